The number of amides is 3. The highest BCUT2D eigenvalue weighted by atomic mass is 32.3. The second kappa shape index (κ2) is 42.1. The van der Waals surface area contributed by atoms with E-state index in [1.165, 1.54) is 73.5 Å². The summed E-state index contributed by atoms with van der Waals surface area (Å²) < 4.78 is 155. The number of aromatic nitrogens is 3. The van der Waals surface area contributed by atoms with Crippen molar-refractivity contribution in [1.82, 2.24) is 30.1 Å². The number of methoxy groups -OCH3 is 2. The zero-order chi connectivity index (χ0) is 92.0. The van der Waals surface area contributed by atoms with Gasteiger partial charge in [0.05, 0.1) is 105 Å². The van der Waals surface area contributed by atoms with Crippen LogP contribution in [0.2, 0.25) is 0 Å². The maximum Gasteiger partial charge on any atom is 0.501 e. The molecule has 9 aromatic rings. The van der Waals surface area contributed by atoms with Crippen molar-refractivity contribution < 1.29 is 130 Å². The average Bonchev–Trinajstić information content (AvgIpc) is 1.57. The third-order valence-electron chi connectivity index (χ3n) is 22.4. The molecule has 39 heteroatoms. The zero-order valence-electron chi connectivity index (χ0n) is 70.9. The van der Waals surface area contributed by atoms with Crippen LogP contribution in [0, 0.1) is 6.92 Å². The number of sulfone groups is 1. The fourth-order valence-electron chi connectivity index (χ4n) is 15.4. The Morgan fingerprint density at radius 3 is 1.72 bits per heavy atom. The summed E-state index contributed by atoms with van der Waals surface area (Å²) in [6.07, 6.45) is -3.67. The molecule has 0 radical (unpaired) electrons. The standard InChI is InChI=1S/C91H96N8O28S3/c1-55-16-23-69(24-17-55)128(110,111)35-27-75(102)58-18-20-59(21-19-58)88(107)92-28-26-84(129(112,113)114)76(103)15-9-31-120-33-34-121-54-65-50-97(96-95-65)29-32-119-30-8-14-74(101)62-22-25-77(124-91-87(106)86(105)85(104)83(51-100)125-91)82(41-62)127-130(115,116)126-68-37-56(52-122-80-44-72-70(42-78(80)117-2)89(108)98-48-63-12-6-4-10-60(63)39-66(98)46-93-72)36-57(38-68)53-123-81-45-73-71(43-79(81)118-3)90(109)99-49-64-13-7-5-11-61(64)40-67(99)47-94-73/h4-7,10-13,16-25,36-38,41-47,50,66-67,83-87,91,100,104-106H,8-9,14-15,26-35,39-40,48-49,51-54H2,1-3H3,(H,92,107)(H,112,113,114)/t66-,67-,83+,84?,85-,86-,87+,91?/m0/s1. The summed E-state index contributed by atoms with van der Waals surface area (Å²) in [6.45, 7) is 1.54. The first-order valence-electron chi connectivity index (χ1n) is 41.8. The molecule has 5 aliphatic heterocycles. The summed E-state index contributed by atoms with van der Waals surface area (Å²) in [5, 5.41) is 51.3. The number of hydrogen-bond acceptors (Lipinski definition) is 31. The number of aryl methyl sites for hydroxylation is 1. The van der Waals surface area contributed by atoms with Gasteiger partial charge in [0.1, 0.15) is 54.3 Å². The number of nitrogens with one attached hydrogen (secondary N) is 1. The molecule has 1 fully saturated rings. The second-order valence-electron chi connectivity index (χ2n) is 31.4. The molecule has 14 rings (SSSR count). The van der Waals surface area contributed by atoms with E-state index in [1.54, 1.807) is 70.9 Å². The first-order valence-corrected chi connectivity index (χ1v) is 46.2. The van der Waals surface area contributed by atoms with Crippen LogP contribution in [0.25, 0.3) is 0 Å². The maximum atomic E-state index is 14.6. The van der Waals surface area contributed by atoms with Crippen LogP contribution in [0.3, 0.4) is 0 Å². The molecule has 1 aromatic heterocycles. The van der Waals surface area contributed by atoms with Crippen LogP contribution in [-0.4, -0.2) is 237 Å². The number of carbonyl (C=O) groups is 6. The topological polar surface area (TPSA) is 481 Å². The molecule has 0 aliphatic carbocycles. The first kappa shape index (κ1) is 93.9. The highest BCUT2D eigenvalue weighted by Gasteiger charge is 2.46. The van der Waals surface area contributed by atoms with Crippen LogP contribution in [0.15, 0.2) is 179 Å². The van der Waals surface area contributed by atoms with Crippen LogP contribution in [0.5, 0.6) is 40.2 Å². The van der Waals surface area contributed by atoms with E-state index in [4.69, 9.17) is 61.0 Å². The average molecular weight is 1850 g/mol. The van der Waals surface area contributed by atoms with Gasteiger partial charge in [-0.2, -0.15) is 8.42 Å². The van der Waals surface area contributed by atoms with E-state index in [0.717, 1.165) is 39.9 Å². The second-order valence-corrected chi connectivity index (χ2v) is 36.3. The highest BCUT2D eigenvalue weighted by Crippen LogP contribution is 2.43. The van der Waals surface area contributed by atoms with Crippen molar-refractivity contribution in [3.8, 4) is 40.2 Å². The van der Waals surface area contributed by atoms with Crippen molar-refractivity contribution >= 4 is 89.2 Å². The van der Waals surface area contributed by atoms with Gasteiger partial charge >= 0.3 is 10.4 Å². The molecule has 36 nitrogen and oxygen atoms in total. The molecule has 6 heterocycles. The van der Waals surface area contributed by atoms with Crippen molar-refractivity contribution in [2.75, 3.05) is 66.2 Å². The van der Waals surface area contributed by atoms with Gasteiger partial charge in [0.15, 0.2) is 61.7 Å². The quantitative estimate of drug-likeness (QED) is 0.0120. The Bertz CT molecular complexity index is 5930. The molecule has 0 saturated carbocycles. The molecule has 0 bridgehead atoms. The van der Waals surface area contributed by atoms with Crippen molar-refractivity contribution in [3.05, 3.63) is 236 Å². The highest BCUT2D eigenvalue weighted by molar-refractivity contribution is 7.91. The predicted octanol–water partition coefficient (Wildman–Crippen LogP) is 7.89. The SMILES string of the molecule is COc1cc2c(cc1OCc1cc(COc3cc4c(cc3OC)C(=O)N3Cc5ccccc5C[C@H]3C=N4)cc(OS(=O)(=O)Oc3cc(C(=O)CCCOCCn4cc(COCCOCCCC(=O)C(CCNC(=O)c5ccc(C(=O)CCS(=O)(=O)c6ccc(C)cc6)cc5)S(=O)(=O)O)nn4)ccc3OC3O[C@H](CO)[C@H](O)[C@H](O)[C@H]3O)c1)N=C[C@@H]1Cc3ccccc3CN1C2=O. The van der Waals surface area contributed by atoms with Crippen molar-refractivity contribution in [3.63, 3.8) is 0 Å². The lowest BCUT2D eigenvalue weighted by Gasteiger charge is -2.39. The number of aliphatic imine (C=N–C) groups is 2. The van der Waals surface area contributed by atoms with E-state index in [1.807, 2.05) is 55.5 Å². The van der Waals surface area contributed by atoms with Gasteiger partial charge in [0.2, 0.25) is 6.29 Å². The molecule has 8 aromatic carbocycles. The Balaban J connectivity index is 0.572. The van der Waals surface area contributed by atoms with Crippen LogP contribution in [-0.2, 0) is 106 Å². The van der Waals surface area contributed by atoms with E-state index < -0.39 is 120 Å². The summed E-state index contributed by atoms with van der Waals surface area (Å²) in [5.74, 6) is -4.17. The summed E-state index contributed by atoms with van der Waals surface area (Å²) in [7, 11) is -11.1. The number of rotatable bonds is 43. The number of ketones is 3. The molecule has 2 unspecified atom stereocenters. The minimum Gasteiger partial charge on any atom is -0.493 e. The van der Waals surface area contributed by atoms with E-state index in [0.29, 0.717) is 43.0 Å². The zero-order valence-corrected chi connectivity index (χ0v) is 73.3. The van der Waals surface area contributed by atoms with Gasteiger partial charge < -0.3 is 86.5 Å². The van der Waals surface area contributed by atoms with E-state index in [2.05, 4.69) is 15.6 Å². The molecule has 6 N–H and O–H groups in total. The Kier molecular flexibility index (Phi) is 30.4. The van der Waals surface area contributed by atoms with Crippen molar-refractivity contribution in [1.29, 1.82) is 0 Å². The molecule has 130 heavy (non-hydrogen) atoms. The van der Waals surface area contributed by atoms with Crippen molar-refractivity contribution in [2.24, 2.45) is 9.98 Å². The number of aliphatic hydroxyl groups excluding tert-OH is 4. The Labute approximate surface area is 748 Å². The number of benzene rings is 8. The number of aliphatic hydroxyl groups is 4. The third kappa shape index (κ3) is 23.3. The monoisotopic (exact) mass is 1840 g/mol. The Morgan fingerprint density at radius 2 is 1.13 bits per heavy atom. The number of nitrogens with zero attached hydrogens (tertiary/aromatic N) is 7. The smallest absolute Gasteiger partial charge is 0.493 e. The molecular weight excluding hydrogens is 1750 g/mol. The van der Waals surface area contributed by atoms with Gasteiger partial charge in [-0.05, 0) is 145 Å². The summed E-state index contributed by atoms with van der Waals surface area (Å²) in [4.78, 5) is 94.5. The summed E-state index contributed by atoms with van der Waals surface area (Å²) >= 11 is 0. The van der Waals surface area contributed by atoms with Crippen LogP contribution >= 0.6 is 0 Å². The van der Waals surface area contributed by atoms with E-state index in [9.17, 15) is 79.0 Å². The summed E-state index contributed by atoms with van der Waals surface area (Å²) in [6, 6.07) is 40.8. The number of ether oxygens (including phenoxy) is 9. The van der Waals surface area contributed by atoms with Gasteiger partial charge in [-0.1, -0.05) is 83.6 Å². The van der Waals surface area contributed by atoms with Gasteiger partial charge in [-0.15, -0.1) is 13.5 Å². The molecular formula is C91H96N8O28S3. The van der Waals surface area contributed by atoms with E-state index >= 15 is 0 Å². The maximum absolute atomic E-state index is 14.6. The molecule has 1 saturated heterocycles. The Morgan fingerprint density at radius 1 is 0.569 bits per heavy atom. The lowest BCUT2D eigenvalue weighted by atomic mass is 9.94. The fraction of sp³-hybridized carbons (Fsp3) is 0.363. The molecule has 686 valence electrons. The van der Waals surface area contributed by atoms with E-state index in [-0.39, 0.29) is 195 Å². The lowest BCUT2D eigenvalue weighted by molar-refractivity contribution is -0.277. The van der Waals surface area contributed by atoms with Crippen LogP contribution < -0.4 is 37.4 Å². The molecule has 3 amide bonds. The lowest BCUT2D eigenvalue weighted by Crippen LogP contribution is -2.60. The largest absolute Gasteiger partial charge is 0.501 e. The minimum absolute atomic E-state index is 0.0398. The van der Waals surface area contributed by atoms with Crippen molar-refractivity contribution in [2.45, 2.75) is 151 Å². The Hall–Kier alpha value is -12.3. The van der Waals surface area contributed by atoms with Gasteiger partial charge in [0.25, 0.3) is 27.8 Å². The van der Waals surface area contributed by atoms with Crippen LogP contribution in [0.1, 0.15) is 135 Å². The van der Waals surface area contributed by atoms with Crippen LogP contribution in [0.4, 0.5) is 11.4 Å². The van der Waals surface area contributed by atoms with Gasteiger partial charge in [-0.3, -0.25) is 43.3 Å². The number of carbonyl (C=O) groups excluding carboxylic acids is 6. The normalized spacial score (nSPS) is 18.3. The third-order valence-corrected chi connectivity index (χ3v) is 26.1. The molecule has 5 aliphatic rings. The number of Topliss-reactive ketones (excluding diaryl/α,β-unsaturated/α-hetero) is 3. The van der Waals surface area contributed by atoms with Gasteiger partial charge in [0, 0.05) is 93.4 Å². The first-order chi connectivity index (χ1) is 62.5. The predicted molar refractivity (Wildman–Crippen MR) is 466 cm³/mol. The number of fused-ring (bicyclic) bond motifs is 6. The number of hydrogen-bond donors (Lipinski definition) is 6. The molecule has 0 spiro atoms. The minimum atomic E-state index is -5.34. The molecule has 8 atom stereocenters. The fourth-order valence-corrected chi connectivity index (χ4v) is 18.2. The summed E-state index contributed by atoms with van der Waals surface area (Å²) in [5.41, 5.74) is 7.54. The van der Waals surface area contributed by atoms with Gasteiger partial charge in [-0.25, -0.2) is 13.1 Å².